The standard InChI is InChI=1S/C18H14ClF5N4O3/c19-13-10(20)3-2-9(14(13)21)15(28-16(29)11-6-26-17(30)27-11)8-1-4-12(25-5-8)31-7-18(22,23)24/h1-5,11,15H,6-7H2,(H,28,29)(H2,26,27,30)/t11-,15+/m0/s1. The summed E-state index contributed by atoms with van der Waals surface area (Å²) >= 11 is 5.63. The van der Waals surface area contributed by atoms with E-state index < -0.39 is 53.5 Å². The molecule has 1 fully saturated rings. The van der Waals surface area contributed by atoms with Crippen LogP contribution in [0.1, 0.15) is 17.2 Å². The smallest absolute Gasteiger partial charge is 0.422 e. The van der Waals surface area contributed by atoms with E-state index in [0.29, 0.717) is 0 Å². The number of hydrogen-bond donors (Lipinski definition) is 3. The second-order valence-corrected chi connectivity index (χ2v) is 6.82. The van der Waals surface area contributed by atoms with E-state index in [1.807, 2.05) is 0 Å². The SMILES string of the molecule is O=C1NC[C@@H](C(=O)N[C@H](c2ccc(OCC(F)(F)F)nc2)c2ccc(F)c(Cl)c2F)N1. The van der Waals surface area contributed by atoms with Crippen LogP contribution >= 0.6 is 11.6 Å². The van der Waals surface area contributed by atoms with Crippen LogP contribution in [-0.4, -0.2) is 42.3 Å². The van der Waals surface area contributed by atoms with Crippen molar-refractivity contribution in [1.82, 2.24) is 20.9 Å². The van der Waals surface area contributed by atoms with Crippen molar-refractivity contribution in [3.8, 4) is 5.88 Å². The number of ether oxygens (including phenoxy) is 1. The minimum absolute atomic E-state index is 0.0213. The summed E-state index contributed by atoms with van der Waals surface area (Å²) in [5.41, 5.74) is -0.0747. The Balaban J connectivity index is 1.89. The third kappa shape index (κ3) is 5.51. The van der Waals surface area contributed by atoms with E-state index in [-0.39, 0.29) is 23.6 Å². The summed E-state index contributed by atoms with van der Waals surface area (Å²) < 4.78 is 69.6. The van der Waals surface area contributed by atoms with Crippen molar-refractivity contribution >= 4 is 23.5 Å². The molecule has 0 radical (unpaired) electrons. The van der Waals surface area contributed by atoms with Crippen LogP contribution in [0.5, 0.6) is 5.88 Å². The maximum atomic E-state index is 14.6. The molecule has 0 aliphatic carbocycles. The van der Waals surface area contributed by atoms with E-state index in [1.54, 1.807) is 0 Å². The van der Waals surface area contributed by atoms with Gasteiger partial charge in [0.2, 0.25) is 11.8 Å². The minimum Gasteiger partial charge on any atom is -0.468 e. The van der Waals surface area contributed by atoms with Gasteiger partial charge in [-0.1, -0.05) is 17.7 Å². The normalized spacial score (nSPS) is 17.0. The molecule has 3 rings (SSSR count). The number of aromatic nitrogens is 1. The van der Waals surface area contributed by atoms with E-state index in [9.17, 15) is 31.5 Å². The highest BCUT2D eigenvalue weighted by Gasteiger charge is 2.31. The predicted molar refractivity (Wildman–Crippen MR) is 97.5 cm³/mol. The topological polar surface area (TPSA) is 92.4 Å². The molecule has 1 aliphatic rings. The van der Waals surface area contributed by atoms with Crippen molar-refractivity contribution in [3.05, 3.63) is 58.2 Å². The van der Waals surface area contributed by atoms with Crippen molar-refractivity contribution in [3.63, 3.8) is 0 Å². The third-order valence-corrected chi connectivity index (χ3v) is 4.57. The maximum Gasteiger partial charge on any atom is 0.422 e. The van der Waals surface area contributed by atoms with Crippen molar-refractivity contribution in [2.45, 2.75) is 18.3 Å². The van der Waals surface area contributed by atoms with E-state index in [4.69, 9.17) is 11.6 Å². The molecule has 0 spiro atoms. The zero-order valence-electron chi connectivity index (χ0n) is 15.4. The molecule has 0 saturated carbocycles. The van der Waals surface area contributed by atoms with Crippen LogP contribution in [0.2, 0.25) is 5.02 Å². The Morgan fingerprint density at radius 3 is 2.61 bits per heavy atom. The number of rotatable bonds is 6. The third-order valence-electron chi connectivity index (χ3n) is 4.23. The van der Waals surface area contributed by atoms with Crippen LogP contribution in [0.25, 0.3) is 0 Å². The molecule has 0 unspecified atom stereocenters. The van der Waals surface area contributed by atoms with Gasteiger partial charge in [-0.25, -0.2) is 18.6 Å². The van der Waals surface area contributed by atoms with Crippen LogP contribution < -0.4 is 20.7 Å². The minimum atomic E-state index is -4.56. The quantitative estimate of drug-likeness (QED) is 0.453. The first kappa shape index (κ1) is 22.5. The first-order valence-electron chi connectivity index (χ1n) is 8.69. The highest BCUT2D eigenvalue weighted by Crippen LogP contribution is 2.30. The zero-order chi connectivity index (χ0) is 22.8. The number of halogens is 6. The van der Waals surface area contributed by atoms with Crippen molar-refractivity contribution in [2.75, 3.05) is 13.2 Å². The molecule has 1 aromatic heterocycles. The molecule has 3 N–H and O–H groups in total. The van der Waals surface area contributed by atoms with E-state index in [1.165, 1.54) is 6.07 Å². The predicted octanol–water partition coefficient (Wildman–Crippen LogP) is 2.84. The number of hydrogen-bond acceptors (Lipinski definition) is 4. The summed E-state index contributed by atoms with van der Waals surface area (Å²) in [5.74, 6) is -3.20. The molecular formula is C18H14ClF5N4O3. The highest BCUT2D eigenvalue weighted by atomic mass is 35.5. The monoisotopic (exact) mass is 464 g/mol. The van der Waals surface area contributed by atoms with Gasteiger partial charge in [-0.05, 0) is 17.7 Å². The Kier molecular flexibility index (Phi) is 6.48. The summed E-state index contributed by atoms with van der Waals surface area (Å²) in [6.45, 7) is -1.58. The number of benzene rings is 1. The number of nitrogens with zero attached hydrogens (tertiary/aromatic N) is 1. The van der Waals surface area contributed by atoms with Gasteiger partial charge in [0.15, 0.2) is 6.61 Å². The molecule has 7 nitrogen and oxygen atoms in total. The summed E-state index contributed by atoms with van der Waals surface area (Å²) in [4.78, 5) is 27.5. The van der Waals surface area contributed by atoms with Crippen LogP contribution in [0.3, 0.4) is 0 Å². The van der Waals surface area contributed by atoms with Gasteiger partial charge in [0.1, 0.15) is 22.7 Å². The Labute approximate surface area is 176 Å². The lowest BCUT2D eigenvalue weighted by molar-refractivity contribution is -0.154. The molecule has 1 aliphatic heterocycles. The highest BCUT2D eigenvalue weighted by molar-refractivity contribution is 6.31. The number of urea groups is 1. The van der Waals surface area contributed by atoms with Gasteiger partial charge in [0, 0.05) is 24.4 Å². The van der Waals surface area contributed by atoms with Crippen molar-refractivity contribution in [1.29, 1.82) is 0 Å². The number of pyridine rings is 1. The van der Waals surface area contributed by atoms with Gasteiger partial charge in [-0.15, -0.1) is 0 Å². The molecule has 2 aromatic rings. The summed E-state index contributed by atoms with van der Waals surface area (Å²) in [7, 11) is 0. The van der Waals surface area contributed by atoms with E-state index in [0.717, 1.165) is 24.4 Å². The largest absolute Gasteiger partial charge is 0.468 e. The fourth-order valence-electron chi connectivity index (χ4n) is 2.76. The Morgan fingerprint density at radius 2 is 2.03 bits per heavy atom. The number of carbonyl (C=O) groups is 2. The van der Waals surface area contributed by atoms with E-state index >= 15 is 0 Å². The molecule has 3 amide bonds. The first-order valence-corrected chi connectivity index (χ1v) is 9.06. The molecular weight excluding hydrogens is 451 g/mol. The van der Waals surface area contributed by atoms with Crippen LogP contribution in [0, 0.1) is 11.6 Å². The molecule has 166 valence electrons. The van der Waals surface area contributed by atoms with Gasteiger partial charge in [0.25, 0.3) is 0 Å². The number of carbonyl (C=O) groups excluding carboxylic acids is 2. The van der Waals surface area contributed by atoms with Gasteiger partial charge in [-0.2, -0.15) is 13.2 Å². The lowest BCUT2D eigenvalue weighted by Crippen LogP contribution is -2.44. The summed E-state index contributed by atoms with van der Waals surface area (Å²) in [6, 6.07) is 1.53. The average Bonchev–Trinajstić information content (AvgIpc) is 3.16. The molecule has 31 heavy (non-hydrogen) atoms. The fourth-order valence-corrected chi connectivity index (χ4v) is 2.94. The molecule has 0 bridgehead atoms. The second kappa shape index (κ2) is 8.92. The van der Waals surface area contributed by atoms with Crippen LogP contribution in [-0.2, 0) is 4.79 Å². The Hall–Kier alpha value is -3.15. The van der Waals surface area contributed by atoms with Crippen LogP contribution in [0.15, 0.2) is 30.5 Å². The molecule has 1 saturated heterocycles. The average molecular weight is 465 g/mol. The zero-order valence-corrected chi connectivity index (χ0v) is 16.2. The van der Waals surface area contributed by atoms with E-state index in [2.05, 4.69) is 25.7 Å². The molecule has 2 atom stereocenters. The molecule has 2 heterocycles. The molecule has 13 heteroatoms. The van der Waals surface area contributed by atoms with Gasteiger partial charge < -0.3 is 20.7 Å². The first-order chi connectivity index (χ1) is 14.5. The van der Waals surface area contributed by atoms with Gasteiger partial charge in [-0.3, -0.25) is 4.79 Å². The van der Waals surface area contributed by atoms with Gasteiger partial charge >= 0.3 is 12.2 Å². The van der Waals surface area contributed by atoms with Crippen molar-refractivity contribution in [2.24, 2.45) is 0 Å². The Morgan fingerprint density at radius 1 is 1.29 bits per heavy atom. The fraction of sp³-hybridized carbons (Fsp3) is 0.278. The van der Waals surface area contributed by atoms with Crippen molar-refractivity contribution < 1.29 is 36.3 Å². The summed E-state index contributed by atoms with van der Waals surface area (Å²) in [6.07, 6.45) is -3.50. The Bertz CT molecular complexity index is 987. The van der Waals surface area contributed by atoms with Crippen LogP contribution in [0.4, 0.5) is 26.7 Å². The lowest BCUT2D eigenvalue weighted by atomic mass is 9.99. The summed E-state index contributed by atoms with van der Waals surface area (Å²) in [5, 5.41) is 6.44. The lowest BCUT2D eigenvalue weighted by Gasteiger charge is -2.22. The maximum absolute atomic E-state index is 14.6. The van der Waals surface area contributed by atoms with Gasteiger partial charge in [0.05, 0.1) is 6.04 Å². The number of nitrogens with one attached hydrogen (secondary N) is 3. The number of amides is 3. The second-order valence-electron chi connectivity index (χ2n) is 6.45. The number of alkyl halides is 3. The molecule has 1 aromatic carbocycles.